The average molecular weight is 206 g/mol. The molecule has 0 fully saturated rings. The van der Waals surface area contributed by atoms with E-state index in [2.05, 4.69) is 0 Å². The number of hydrogen-bond acceptors (Lipinski definition) is 2. The van der Waals surface area contributed by atoms with Crippen LogP contribution in [-0.4, -0.2) is 8.42 Å². The Bertz CT molecular complexity index is 375. The Kier molecular flexibility index (Phi) is 2.72. The topological polar surface area (TPSA) is 60.2 Å². The lowest BCUT2D eigenvalue weighted by Crippen LogP contribution is -2.12. The van der Waals surface area contributed by atoms with E-state index in [1.54, 1.807) is 12.1 Å². The van der Waals surface area contributed by atoms with Gasteiger partial charge >= 0.3 is 0 Å². The predicted molar refractivity (Wildman–Crippen MR) is 47.4 cm³/mol. The van der Waals surface area contributed by atoms with Gasteiger partial charge in [-0.15, -0.1) is 11.6 Å². The molecular formula is C7H8ClNO2S. The Balaban J connectivity index is 3.20. The Labute approximate surface area is 76.2 Å². The molecule has 0 spiro atoms. The van der Waals surface area contributed by atoms with Crippen LogP contribution in [0, 0.1) is 0 Å². The molecule has 66 valence electrons. The molecule has 12 heavy (non-hydrogen) atoms. The zero-order valence-electron chi connectivity index (χ0n) is 6.20. The maximum Gasteiger partial charge on any atom is 0.238 e. The fraction of sp³-hybridized carbons (Fsp3) is 0.143. The minimum atomic E-state index is -3.59. The van der Waals surface area contributed by atoms with Gasteiger partial charge in [0.05, 0.1) is 4.90 Å². The molecule has 0 atom stereocenters. The van der Waals surface area contributed by atoms with Crippen molar-refractivity contribution >= 4 is 21.6 Å². The molecule has 3 nitrogen and oxygen atoms in total. The Hall–Kier alpha value is -0.580. The number of hydrogen-bond donors (Lipinski definition) is 1. The molecule has 1 aromatic rings. The third-order valence-corrected chi connectivity index (χ3v) is 2.60. The second-order valence-corrected chi connectivity index (χ2v) is 4.15. The predicted octanol–water partition coefficient (Wildman–Crippen LogP) is 1.07. The standard InChI is InChI=1S/C7H8ClNO2S/c8-5-6-2-1-3-7(4-6)12(9,10)11/h1-4H,5H2,(H2,9,10,11). The van der Waals surface area contributed by atoms with Gasteiger partial charge in [-0.1, -0.05) is 12.1 Å². The van der Waals surface area contributed by atoms with Crippen LogP contribution in [0.15, 0.2) is 29.2 Å². The zero-order valence-corrected chi connectivity index (χ0v) is 7.77. The fourth-order valence-corrected chi connectivity index (χ4v) is 1.56. The molecule has 0 saturated carbocycles. The third-order valence-electron chi connectivity index (χ3n) is 1.38. The van der Waals surface area contributed by atoms with Gasteiger partial charge < -0.3 is 0 Å². The summed E-state index contributed by atoms with van der Waals surface area (Å²) in [7, 11) is -3.59. The van der Waals surface area contributed by atoms with E-state index in [1.807, 2.05) is 0 Å². The van der Waals surface area contributed by atoms with Gasteiger partial charge in [-0.3, -0.25) is 0 Å². The van der Waals surface area contributed by atoms with E-state index in [9.17, 15) is 8.42 Å². The summed E-state index contributed by atoms with van der Waals surface area (Å²) in [6, 6.07) is 6.24. The highest BCUT2D eigenvalue weighted by molar-refractivity contribution is 7.89. The summed E-state index contributed by atoms with van der Waals surface area (Å²) in [6.07, 6.45) is 0. The summed E-state index contributed by atoms with van der Waals surface area (Å²) in [5, 5.41) is 4.91. The van der Waals surface area contributed by atoms with Crippen LogP contribution in [0.5, 0.6) is 0 Å². The van der Waals surface area contributed by atoms with Gasteiger partial charge in [0.25, 0.3) is 0 Å². The minimum Gasteiger partial charge on any atom is -0.225 e. The van der Waals surface area contributed by atoms with Crippen molar-refractivity contribution < 1.29 is 8.42 Å². The van der Waals surface area contributed by atoms with E-state index >= 15 is 0 Å². The van der Waals surface area contributed by atoms with Crippen molar-refractivity contribution in [1.82, 2.24) is 0 Å². The fourth-order valence-electron chi connectivity index (χ4n) is 0.806. The van der Waals surface area contributed by atoms with Crippen LogP contribution in [0.4, 0.5) is 0 Å². The summed E-state index contributed by atoms with van der Waals surface area (Å²) >= 11 is 5.51. The van der Waals surface area contributed by atoms with Gasteiger partial charge in [0.1, 0.15) is 0 Å². The van der Waals surface area contributed by atoms with Gasteiger partial charge in [0, 0.05) is 5.88 Å². The van der Waals surface area contributed by atoms with Crippen LogP contribution < -0.4 is 5.14 Å². The highest BCUT2D eigenvalue weighted by Gasteiger charge is 2.06. The SMILES string of the molecule is NS(=O)(=O)c1cccc(CCl)c1. The first-order valence-electron chi connectivity index (χ1n) is 3.22. The molecule has 0 amide bonds. The average Bonchev–Trinajstić information content (AvgIpc) is 2.03. The van der Waals surface area contributed by atoms with E-state index in [4.69, 9.17) is 16.7 Å². The normalized spacial score (nSPS) is 11.5. The van der Waals surface area contributed by atoms with Crippen LogP contribution in [0.2, 0.25) is 0 Å². The van der Waals surface area contributed by atoms with E-state index in [-0.39, 0.29) is 10.8 Å². The minimum absolute atomic E-state index is 0.0978. The lowest BCUT2D eigenvalue weighted by Gasteiger charge is -1.99. The quantitative estimate of drug-likeness (QED) is 0.735. The van der Waals surface area contributed by atoms with Crippen LogP contribution in [0.3, 0.4) is 0 Å². The second kappa shape index (κ2) is 3.43. The first kappa shape index (κ1) is 9.51. The van der Waals surface area contributed by atoms with Gasteiger partial charge in [-0.2, -0.15) is 0 Å². The number of primary sulfonamides is 1. The molecule has 0 bridgehead atoms. The lowest BCUT2D eigenvalue weighted by molar-refractivity contribution is 0.597. The van der Waals surface area contributed by atoms with Gasteiger partial charge in [-0.05, 0) is 17.7 Å². The molecule has 0 heterocycles. The highest BCUT2D eigenvalue weighted by atomic mass is 35.5. The highest BCUT2D eigenvalue weighted by Crippen LogP contribution is 2.10. The number of sulfonamides is 1. The first-order chi connectivity index (χ1) is 5.54. The van der Waals surface area contributed by atoms with Crippen molar-refractivity contribution in [2.24, 2.45) is 5.14 Å². The Morgan fingerprint density at radius 1 is 1.42 bits per heavy atom. The van der Waals surface area contributed by atoms with Crippen LogP contribution in [0.1, 0.15) is 5.56 Å². The molecule has 0 aliphatic carbocycles. The van der Waals surface area contributed by atoms with E-state index in [0.717, 1.165) is 5.56 Å². The molecular weight excluding hydrogens is 198 g/mol. The molecule has 0 aliphatic heterocycles. The largest absolute Gasteiger partial charge is 0.238 e. The van der Waals surface area contributed by atoms with Gasteiger partial charge in [-0.25, -0.2) is 13.6 Å². The van der Waals surface area contributed by atoms with Gasteiger partial charge in [0.15, 0.2) is 0 Å². The van der Waals surface area contributed by atoms with Crippen molar-refractivity contribution in [3.63, 3.8) is 0 Å². The molecule has 0 unspecified atom stereocenters. The first-order valence-corrected chi connectivity index (χ1v) is 5.30. The summed E-state index contributed by atoms with van der Waals surface area (Å²) in [5.74, 6) is 0.281. The molecule has 0 saturated heterocycles. The molecule has 2 N–H and O–H groups in total. The molecule has 5 heteroatoms. The van der Waals surface area contributed by atoms with Gasteiger partial charge in [0.2, 0.25) is 10.0 Å². The summed E-state index contributed by atoms with van der Waals surface area (Å²) in [4.78, 5) is 0.0978. The van der Waals surface area contributed by atoms with Crippen molar-refractivity contribution in [2.45, 2.75) is 10.8 Å². The molecule has 0 aliphatic rings. The van der Waals surface area contributed by atoms with Crippen LogP contribution in [-0.2, 0) is 15.9 Å². The monoisotopic (exact) mass is 205 g/mol. The Morgan fingerprint density at radius 3 is 2.58 bits per heavy atom. The van der Waals surface area contributed by atoms with E-state index in [0.29, 0.717) is 0 Å². The number of nitrogens with two attached hydrogens (primary N) is 1. The number of benzene rings is 1. The molecule has 0 radical (unpaired) electrons. The number of halogens is 1. The van der Waals surface area contributed by atoms with Crippen LogP contribution >= 0.6 is 11.6 Å². The summed E-state index contributed by atoms with van der Waals surface area (Å²) in [5.41, 5.74) is 0.739. The van der Waals surface area contributed by atoms with Crippen molar-refractivity contribution in [3.05, 3.63) is 29.8 Å². The summed E-state index contributed by atoms with van der Waals surface area (Å²) in [6.45, 7) is 0. The third kappa shape index (κ3) is 2.20. The second-order valence-electron chi connectivity index (χ2n) is 2.33. The molecule has 1 aromatic carbocycles. The molecule has 1 rings (SSSR count). The Morgan fingerprint density at radius 2 is 2.08 bits per heavy atom. The van der Waals surface area contributed by atoms with E-state index in [1.165, 1.54) is 12.1 Å². The van der Waals surface area contributed by atoms with Crippen molar-refractivity contribution in [2.75, 3.05) is 0 Å². The van der Waals surface area contributed by atoms with Crippen molar-refractivity contribution in [1.29, 1.82) is 0 Å². The number of alkyl halides is 1. The van der Waals surface area contributed by atoms with Crippen LogP contribution in [0.25, 0.3) is 0 Å². The molecule has 0 aromatic heterocycles. The zero-order chi connectivity index (χ0) is 9.19. The maximum atomic E-state index is 10.8. The summed E-state index contributed by atoms with van der Waals surface area (Å²) < 4.78 is 21.7. The smallest absolute Gasteiger partial charge is 0.225 e. The van der Waals surface area contributed by atoms with E-state index < -0.39 is 10.0 Å². The van der Waals surface area contributed by atoms with Crippen molar-refractivity contribution in [3.8, 4) is 0 Å². The number of rotatable bonds is 2. The maximum absolute atomic E-state index is 10.8. The lowest BCUT2D eigenvalue weighted by atomic mass is 10.2.